The minimum atomic E-state index is -4.52. The molecule has 3 aliphatic rings. The summed E-state index contributed by atoms with van der Waals surface area (Å²) in [6.45, 7) is 5.56. The van der Waals surface area contributed by atoms with Crippen LogP contribution < -0.4 is 21.1 Å². The molecule has 2 fully saturated rings. The van der Waals surface area contributed by atoms with Crippen LogP contribution in [0.25, 0.3) is 0 Å². The number of fused-ring (bicyclic) bond motifs is 1. The number of sulfonamides is 1. The van der Waals surface area contributed by atoms with E-state index in [2.05, 4.69) is 30.8 Å². The van der Waals surface area contributed by atoms with Crippen molar-refractivity contribution in [2.75, 3.05) is 26.2 Å². The van der Waals surface area contributed by atoms with Crippen LogP contribution in [0, 0.1) is 0 Å². The number of benzene rings is 2. The second-order valence-electron chi connectivity index (χ2n) is 12.2. The summed E-state index contributed by atoms with van der Waals surface area (Å²) in [5.41, 5.74) is 1.97. The molecule has 15 heteroatoms. The zero-order valence-corrected chi connectivity index (χ0v) is 26.3. The van der Waals surface area contributed by atoms with Crippen molar-refractivity contribution in [3.63, 3.8) is 0 Å². The summed E-state index contributed by atoms with van der Waals surface area (Å²) < 4.78 is 62.5. The Balaban J connectivity index is 1.29. The van der Waals surface area contributed by atoms with Gasteiger partial charge in [0.1, 0.15) is 18.4 Å². The van der Waals surface area contributed by atoms with E-state index in [1.165, 1.54) is 25.0 Å². The fourth-order valence-corrected chi connectivity index (χ4v) is 6.07. The van der Waals surface area contributed by atoms with Gasteiger partial charge in [0.15, 0.2) is 5.96 Å². The number of guanidine groups is 1. The smallest absolute Gasteiger partial charge is 0.347 e. The highest BCUT2D eigenvalue weighted by atomic mass is 32.2. The zero-order chi connectivity index (χ0) is 33.1. The molecule has 46 heavy (non-hydrogen) atoms. The van der Waals surface area contributed by atoms with E-state index >= 15 is 0 Å². The topological polar surface area (TPSA) is 154 Å². The van der Waals surface area contributed by atoms with Crippen molar-refractivity contribution in [3.8, 4) is 0 Å². The molecule has 11 nitrogen and oxygen atoms in total. The van der Waals surface area contributed by atoms with E-state index in [1.54, 1.807) is 48.6 Å². The van der Waals surface area contributed by atoms with Crippen molar-refractivity contribution < 1.29 is 26.4 Å². The lowest BCUT2D eigenvalue weighted by atomic mass is 9.97. The first kappa shape index (κ1) is 33.3. The van der Waals surface area contributed by atoms with Gasteiger partial charge in [-0.15, -0.1) is 0 Å². The molecule has 246 valence electrons. The maximum atomic E-state index is 13.1. The number of amidine groups is 1. The van der Waals surface area contributed by atoms with Crippen LogP contribution in [0.5, 0.6) is 0 Å². The van der Waals surface area contributed by atoms with Gasteiger partial charge >= 0.3 is 6.18 Å². The molecule has 1 amide bonds. The Kier molecular flexibility index (Phi) is 9.65. The van der Waals surface area contributed by atoms with E-state index in [-0.39, 0.29) is 29.1 Å². The average Bonchev–Trinajstić information content (AvgIpc) is 3.50. The predicted octanol–water partition coefficient (Wildman–Crippen LogP) is 2.74. The number of hydrogen-bond donors (Lipinski definition) is 4. The summed E-state index contributed by atoms with van der Waals surface area (Å²) in [6, 6.07) is 11.4. The summed E-state index contributed by atoms with van der Waals surface area (Å²) in [7, 11) is -3.84. The molecule has 2 saturated heterocycles. The molecular formula is C31H37F3N8O3S. The van der Waals surface area contributed by atoms with Crippen LogP contribution >= 0.6 is 0 Å². The van der Waals surface area contributed by atoms with Crippen LogP contribution in [-0.4, -0.2) is 86.7 Å². The van der Waals surface area contributed by atoms with E-state index < -0.39 is 40.4 Å². The van der Waals surface area contributed by atoms with Gasteiger partial charge < -0.3 is 20.9 Å². The van der Waals surface area contributed by atoms with Crippen molar-refractivity contribution in [1.82, 2.24) is 20.9 Å². The molecule has 0 saturated carbocycles. The molecule has 0 aromatic heterocycles. The van der Waals surface area contributed by atoms with Crippen LogP contribution in [0.4, 0.5) is 13.2 Å². The lowest BCUT2D eigenvalue weighted by Gasteiger charge is -2.34. The minimum Gasteiger partial charge on any atom is -0.347 e. The van der Waals surface area contributed by atoms with Crippen molar-refractivity contribution in [2.45, 2.75) is 61.9 Å². The monoisotopic (exact) mass is 658 g/mol. The normalized spacial score (nSPS) is 22.3. The summed E-state index contributed by atoms with van der Waals surface area (Å²) in [6.07, 6.45) is 1.37. The molecule has 3 aliphatic heterocycles. The number of dihydropyridines is 1. The third-order valence-corrected chi connectivity index (χ3v) is 8.65. The number of rotatable bonds is 9. The van der Waals surface area contributed by atoms with Gasteiger partial charge in [0.05, 0.1) is 23.2 Å². The van der Waals surface area contributed by atoms with Crippen molar-refractivity contribution in [1.29, 1.82) is 0 Å². The number of nitrogens with zero attached hydrogens (tertiary/aromatic N) is 4. The van der Waals surface area contributed by atoms with E-state index in [9.17, 15) is 26.4 Å². The number of likely N-dealkylation sites (tertiary alicyclic amines) is 1. The highest BCUT2D eigenvalue weighted by Gasteiger charge is 2.35. The Morgan fingerprint density at radius 2 is 1.74 bits per heavy atom. The van der Waals surface area contributed by atoms with E-state index in [0.717, 1.165) is 19.6 Å². The van der Waals surface area contributed by atoms with Gasteiger partial charge in [-0.3, -0.25) is 14.8 Å². The quantitative estimate of drug-likeness (QED) is 0.325. The zero-order valence-electron chi connectivity index (χ0n) is 25.5. The molecule has 2 aromatic rings. The molecule has 0 radical (unpaired) electrons. The number of aliphatic imine (C=N–C) groups is 3. The molecule has 0 bridgehead atoms. The summed E-state index contributed by atoms with van der Waals surface area (Å²) in [5, 5.41) is 14.2. The summed E-state index contributed by atoms with van der Waals surface area (Å²) in [4.78, 5) is 28.2. The fraction of sp³-hybridized carbons (Fsp3) is 0.419. The van der Waals surface area contributed by atoms with E-state index in [0.29, 0.717) is 22.4 Å². The average molecular weight is 659 g/mol. The second-order valence-corrected chi connectivity index (χ2v) is 13.7. The van der Waals surface area contributed by atoms with Gasteiger partial charge in [0.2, 0.25) is 10.0 Å². The number of hydrogen-bond acceptors (Lipinski definition) is 7. The largest absolute Gasteiger partial charge is 0.408 e. The van der Waals surface area contributed by atoms with Gasteiger partial charge in [-0.1, -0.05) is 30.3 Å². The number of carbonyl (C=O) groups excluding carboxylic acids is 1. The standard InChI is InChI=1S/C31H37F3N8O3S/c1-30(2,19-42-15-3-4-16-42)41-28(43)22-9-7-21(8-10-22)24-13-14-25-26(38-24)27(37-18-31(32,33)34)40-29(39-25)36-17-20-5-11-23(12-6-20)46(35,44)45/h5-14,25-26H,3-4,15-19H2,1-2H3,(H,41,43)(H2,35,44,45)(H2,36,37,39,40). The molecule has 0 aliphatic carbocycles. The number of nitrogens with two attached hydrogens (primary N) is 1. The van der Waals surface area contributed by atoms with Gasteiger partial charge in [-0.25, -0.2) is 18.5 Å². The number of amides is 1. The summed E-state index contributed by atoms with van der Waals surface area (Å²) in [5.74, 6) is 0.0119. The summed E-state index contributed by atoms with van der Waals surface area (Å²) >= 11 is 0. The van der Waals surface area contributed by atoms with Crippen LogP contribution in [0.3, 0.4) is 0 Å². The number of allylic oxidation sites excluding steroid dienone is 1. The number of halogens is 3. The van der Waals surface area contributed by atoms with Crippen molar-refractivity contribution in [2.24, 2.45) is 20.1 Å². The van der Waals surface area contributed by atoms with Crippen molar-refractivity contribution in [3.05, 3.63) is 77.4 Å². The number of primary sulfonamides is 1. The lowest BCUT2D eigenvalue weighted by Crippen LogP contribution is -2.61. The highest BCUT2D eigenvalue weighted by molar-refractivity contribution is 7.89. The maximum absolute atomic E-state index is 13.1. The molecule has 2 unspecified atom stereocenters. The molecule has 5 N–H and O–H groups in total. The third-order valence-electron chi connectivity index (χ3n) is 7.72. The Bertz CT molecular complexity index is 1660. The first-order chi connectivity index (χ1) is 21.6. The molecule has 5 rings (SSSR count). The van der Waals surface area contributed by atoms with E-state index in [1.807, 2.05) is 13.8 Å². The van der Waals surface area contributed by atoms with Gasteiger partial charge in [0.25, 0.3) is 5.91 Å². The molecule has 0 spiro atoms. The Morgan fingerprint density at radius 3 is 2.37 bits per heavy atom. The Morgan fingerprint density at radius 1 is 1.07 bits per heavy atom. The van der Waals surface area contributed by atoms with E-state index in [4.69, 9.17) is 10.1 Å². The maximum Gasteiger partial charge on any atom is 0.408 e. The minimum absolute atomic E-state index is 0.00230. The van der Waals surface area contributed by atoms with Crippen molar-refractivity contribution >= 4 is 33.4 Å². The first-order valence-electron chi connectivity index (χ1n) is 14.9. The highest BCUT2D eigenvalue weighted by Crippen LogP contribution is 2.21. The second kappa shape index (κ2) is 13.3. The van der Waals surface area contributed by atoms with Crippen LogP contribution in [0.2, 0.25) is 0 Å². The van der Waals surface area contributed by atoms with Gasteiger partial charge in [-0.2, -0.15) is 13.2 Å². The van der Waals surface area contributed by atoms with Crippen LogP contribution in [0.15, 0.2) is 80.6 Å². The van der Waals surface area contributed by atoms with Gasteiger partial charge in [0, 0.05) is 17.6 Å². The van der Waals surface area contributed by atoms with Gasteiger partial charge in [-0.05, 0) is 81.2 Å². The molecule has 2 aromatic carbocycles. The first-order valence-corrected chi connectivity index (χ1v) is 16.4. The number of alkyl halides is 3. The number of carbonyl (C=O) groups is 1. The lowest BCUT2D eigenvalue weighted by molar-refractivity contribution is -0.118. The predicted molar refractivity (Wildman–Crippen MR) is 170 cm³/mol. The third kappa shape index (κ3) is 8.79. The number of nitrogens with one attached hydrogen (secondary N) is 3. The molecule has 2 atom stereocenters. The van der Waals surface area contributed by atoms with Crippen LogP contribution in [-0.2, 0) is 16.6 Å². The Labute approximate surface area is 266 Å². The SMILES string of the molecule is CC(C)(CN1CCCC1)NC(=O)c1ccc(C2=NC3C(=NCC(F)(F)F)NC(=NCc4ccc(S(N)(=O)=O)cc4)NC3C=C2)cc1. The Hall–Kier alpha value is -4.08. The fourth-order valence-electron chi connectivity index (χ4n) is 5.55. The van der Waals surface area contributed by atoms with Crippen LogP contribution in [0.1, 0.15) is 48.2 Å². The molecule has 3 heterocycles. The molecular weight excluding hydrogens is 621 g/mol.